The number of hydrogen-bond donors (Lipinski definition) is 1. The number of rotatable bonds is 3. The maximum atomic E-state index is 12.6. The average molecular weight is 267 g/mol. The van der Waals surface area contributed by atoms with Crippen LogP contribution in [0.3, 0.4) is 0 Å². The number of carboxylic acids is 1. The van der Waals surface area contributed by atoms with Gasteiger partial charge in [0.15, 0.2) is 0 Å². The van der Waals surface area contributed by atoms with E-state index in [1.807, 2.05) is 0 Å². The first-order valence-electron chi connectivity index (χ1n) is 4.80. The lowest BCUT2D eigenvalue weighted by atomic mass is 9.96. The number of alkyl halides is 3. The van der Waals surface area contributed by atoms with E-state index in [1.54, 1.807) is 6.92 Å². The van der Waals surface area contributed by atoms with Crippen LogP contribution in [-0.4, -0.2) is 11.1 Å². The summed E-state index contributed by atoms with van der Waals surface area (Å²) in [5, 5.41) is 8.20. The minimum atomic E-state index is -4.53. The van der Waals surface area contributed by atoms with Crippen LogP contribution in [0, 0.1) is 0 Å². The first-order valence-corrected chi connectivity index (χ1v) is 5.18. The van der Waals surface area contributed by atoms with Gasteiger partial charge in [0.05, 0.1) is 17.0 Å². The molecule has 0 heterocycles. The Morgan fingerprint density at radius 3 is 2.53 bits per heavy atom. The molecule has 0 aliphatic carbocycles. The maximum Gasteiger partial charge on any atom is 0.417 e. The smallest absolute Gasteiger partial charge is 0.417 e. The second-order valence-corrected chi connectivity index (χ2v) is 4.14. The molecule has 0 bridgehead atoms. The van der Waals surface area contributed by atoms with E-state index in [0.29, 0.717) is 5.56 Å². The highest BCUT2D eigenvalue weighted by Crippen LogP contribution is 2.36. The molecule has 6 heteroatoms. The van der Waals surface area contributed by atoms with Gasteiger partial charge in [0, 0.05) is 0 Å². The fourth-order valence-electron chi connectivity index (χ4n) is 1.45. The zero-order chi connectivity index (χ0) is 13.2. The lowest BCUT2D eigenvalue weighted by Crippen LogP contribution is -2.08. The van der Waals surface area contributed by atoms with Crippen LogP contribution in [0.25, 0.3) is 0 Å². The lowest BCUT2D eigenvalue weighted by Gasteiger charge is -2.14. The monoisotopic (exact) mass is 266 g/mol. The molecule has 0 aliphatic rings. The second kappa shape index (κ2) is 4.96. The van der Waals surface area contributed by atoms with Crippen LogP contribution < -0.4 is 0 Å². The predicted octanol–water partition coefficient (Wildman–Crippen LogP) is 3.94. The number of carboxylic acid groups (broad SMARTS) is 1. The van der Waals surface area contributed by atoms with Crippen molar-refractivity contribution in [2.24, 2.45) is 0 Å². The Balaban J connectivity index is 3.08. The first-order chi connectivity index (χ1) is 7.71. The summed E-state index contributed by atoms with van der Waals surface area (Å²) in [6, 6.07) is 3.44. The quantitative estimate of drug-likeness (QED) is 0.900. The van der Waals surface area contributed by atoms with Gasteiger partial charge in [-0.05, 0) is 23.6 Å². The fourth-order valence-corrected chi connectivity index (χ4v) is 1.67. The van der Waals surface area contributed by atoms with Crippen LogP contribution in [0.15, 0.2) is 18.2 Å². The van der Waals surface area contributed by atoms with Gasteiger partial charge in [-0.15, -0.1) is 0 Å². The van der Waals surface area contributed by atoms with Crippen LogP contribution in [0.2, 0.25) is 5.02 Å². The Hall–Kier alpha value is -1.23. The molecule has 1 aromatic carbocycles. The first kappa shape index (κ1) is 13.8. The van der Waals surface area contributed by atoms with E-state index < -0.39 is 23.6 Å². The van der Waals surface area contributed by atoms with Crippen molar-refractivity contribution in [1.29, 1.82) is 0 Å². The molecule has 94 valence electrons. The third-order valence-electron chi connectivity index (χ3n) is 2.35. The molecule has 1 unspecified atom stereocenters. The third kappa shape index (κ3) is 3.63. The summed E-state index contributed by atoms with van der Waals surface area (Å²) in [6.07, 6.45) is -4.75. The number of halogens is 4. The van der Waals surface area contributed by atoms with Gasteiger partial charge in [0.1, 0.15) is 0 Å². The topological polar surface area (TPSA) is 37.3 Å². The van der Waals surface area contributed by atoms with Crippen molar-refractivity contribution in [3.05, 3.63) is 34.3 Å². The molecule has 1 N–H and O–H groups in total. The van der Waals surface area contributed by atoms with Crippen molar-refractivity contribution in [1.82, 2.24) is 0 Å². The van der Waals surface area contributed by atoms with E-state index in [-0.39, 0.29) is 11.4 Å². The predicted molar refractivity (Wildman–Crippen MR) is 57.1 cm³/mol. The summed E-state index contributed by atoms with van der Waals surface area (Å²) in [5.74, 6) is -1.55. The van der Waals surface area contributed by atoms with Gasteiger partial charge in [-0.25, -0.2) is 0 Å². The van der Waals surface area contributed by atoms with Gasteiger partial charge in [-0.1, -0.05) is 24.6 Å². The molecule has 0 radical (unpaired) electrons. The van der Waals surface area contributed by atoms with Crippen LogP contribution in [0.1, 0.15) is 30.4 Å². The number of aliphatic carboxylic acids is 1. The lowest BCUT2D eigenvalue weighted by molar-refractivity contribution is -0.137. The second-order valence-electron chi connectivity index (χ2n) is 3.74. The Kier molecular flexibility index (Phi) is 4.03. The summed E-state index contributed by atoms with van der Waals surface area (Å²) in [6.45, 7) is 1.55. The largest absolute Gasteiger partial charge is 0.481 e. The van der Waals surface area contributed by atoms with Gasteiger partial charge in [-0.3, -0.25) is 4.79 Å². The SMILES string of the molecule is CC(CC(=O)O)c1ccc(Cl)c(C(F)(F)F)c1. The summed E-state index contributed by atoms with van der Waals surface area (Å²) in [7, 11) is 0. The Bertz CT molecular complexity index is 429. The van der Waals surface area contributed by atoms with Gasteiger partial charge in [0.2, 0.25) is 0 Å². The highest BCUT2D eigenvalue weighted by atomic mass is 35.5. The van der Waals surface area contributed by atoms with Gasteiger partial charge in [-0.2, -0.15) is 13.2 Å². The zero-order valence-corrected chi connectivity index (χ0v) is 9.64. The van der Waals surface area contributed by atoms with Gasteiger partial charge < -0.3 is 5.11 Å². The van der Waals surface area contributed by atoms with Crippen LogP contribution in [-0.2, 0) is 11.0 Å². The zero-order valence-electron chi connectivity index (χ0n) is 8.88. The third-order valence-corrected chi connectivity index (χ3v) is 2.68. The van der Waals surface area contributed by atoms with E-state index >= 15 is 0 Å². The van der Waals surface area contributed by atoms with Crippen molar-refractivity contribution < 1.29 is 23.1 Å². The van der Waals surface area contributed by atoms with E-state index in [4.69, 9.17) is 16.7 Å². The molecule has 0 saturated carbocycles. The average Bonchev–Trinajstić information content (AvgIpc) is 2.15. The Labute approximate surface area is 101 Å². The van der Waals surface area contributed by atoms with Crippen molar-refractivity contribution in [2.45, 2.75) is 25.4 Å². The van der Waals surface area contributed by atoms with Crippen LogP contribution in [0.4, 0.5) is 13.2 Å². The molecule has 0 saturated heterocycles. The fraction of sp³-hybridized carbons (Fsp3) is 0.364. The Morgan fingerprint density at radius 2 is 2.06 bits per heavy atom. The highest BCUT2D eigenvalue weighted by molar-refractivity contribution is 6.31. The molecule has 0 aliphatic heterocycles. The van der Waals surface area contributed by atoms with Crippen LogP contribution in [0.5, 0.6) is 0 Å². The summed E-state index contributed by atoms with van der Waals surface area (Å²) in [5.41, 5.74) is -0.627. The standard InChI is InChI=1S/C11H10ClF3O2/c1-6(4-10(16)17)7-2-3-9(12)8(5-7)11(13,14)15/h2-3,5-6H,4H2,1H3,(H,16,17). The molecule has 0 fully saturated rings. The normalized spacial score (nSPS) is 13.5. The van der Waals surface area contributed by atoms with Crippen LogP contribution >= 0.6 is 11.6 Å². The van der Waals surface area contributed by atoms with Crippen molar-refractivity contribution in [2.75, 3.05) is 0 Å². The minimum absolute atomic E-state index is 0.223. The molecule has 0 aromatic heterocycles. The van der Waals surface area contributed by atoms with Gasteiger partial charge >= 0.3 is 12.1 Å². The van der Waals surface area contributed by atoms with E-state index in [0.717, 1.165) is 12.1 Å². The minimum Gasteiger partial charge on any atom is -0.481 e. The van der Waals surface area contributed by atoms with Gasteiger partial charge in [0.25, 0.3) is 0 Å². The molecule has 2 nitrogen and oxygen atoms in total. The molecule has 1 aromatic rings. The maximum absolute atomic E-state index is 12.6. The van der Waals surface area contributed by atoms with E-state index in [9.17, 15) is 18.0 Å². The van der Waals surface area contributed by atoms with E-state index in [1.165, 1.54) is 6.07 Å². The summed E-state index contributed by atoms with van der Waals surface area (Å²) in [4.78, 5) is 10.5. The molecule has 1 rings (SSSR count). The van der Waals surface area contributed by atoms with Crippen molar-refractivity contribution >= 4 is 17.6 Å². The van der Waals surface area contributed by atoms with Crippen molar-refractivity contribution in [3.63, 3.8) is 0 Å². The highest BCUT2D eigenvalue weighted by Gasteiger charge is 2.33. The molecule has 0 spiro atoms. The van der Waals surface area contributed by atoms with E-state index in [2.05, 4.69) is 0 Å². The summed E-state index contributed by atoms with van der Waals surface area (Å²) < 4.78 is 37.7. The number of hydrogen-bond acceptors (Lipinski definition) is 1. The molecule has 1 atom stereocenters. The van der Waals surface area contributed by atoms with Crippen molar-refractivity contribution in [3.8, 4) is 0 Å². The molecular formula is C11H10ClF3O2. The molecular weight excluding hydrogens is 257 g/mol. The number of carbonyl (C=O) groups is 1. The molecule has 0 amide bonds. The number of benzene rings is 1. The Morgan fingerprint density at radius 1 is 1.47 bits per heavy atom. The summed E-state index contributed by atoms with van der Waals surface area (Å²) >= 11 is 5.45. The molecule has 17 heavy (non-hydrogen) atoms.